The lowest BCUT2D eigenvalue weighted by molar-refractivity contribution is -0.189. The maximum absolute atomic E-state index is 11.9. The Morgan fingerprint density at radius 2 is 1.82 bits per heavy atom. The fourth-order valence-electron chi connectivity index (χ4n) is 1.68. The number of hydrogen-bond acceptors (Lipinski definition) is 5. The van der Waals surface area contributed by atoms with Crippen LogP contribution in [0.2, 0.25) is 0 Å². The Balaban J connectivity index is 3.59. The lowest BCUT2D eigenvalue weighted by atomic mass is 10.1. The number of carbonyl (C=O) groups is 1. The molecule has 0 spiro atoms. The van der Waals surface area contributed by atoms with Crippen LogP contribution in [0.25, 0.3) is 0 Å². The summed E-state index contributed by atoms with van der Waals surface area (Å²) in [4.78, 5) is 11.2. The second kappa shape index (κ2) is 11.7. The normalized spacial score (nSPS) is 14.6. The van der Waals surface area contributed by atoms with Crippen LogP contribution < -0.4 is 0 Å². The van der Waals surface area contributed by atoms with E-state index >= 15 is 0 Å². The molecule has 2 atom stereocenters. The largest absolute Gasteiger partial charge is 0.456 e. The molecule has 0 aliphatic rings. The first kappa shape index (κ1) is 21.1. The summed E-state index contributed by atoms with van der Waals surface area (Å²) in [6, 6.07) is 0. The van der Waals surface area contributed by atoms with Gasteiger partial charge in [0.15, 0.2) is 6.61 Å². The molecule has 0 bridgehead atoms. The third-order valence-corrected chi connectivity index (χ3v) is 2.92. The highest BCUT2D eigenvalue weighted by molar-refractivity contribution is 5.72. The molecule has 0 rings (SSSR count). The number of ether oxygens (including phenoxy) is 2. The van der Waals surface area contributed by atoms with Crippen molar-refractivity contribution in [2.24, 2.45) is 5.92 Å². The van der Waals surface area contributed by atoms with Gasteiger partial charge in [0, 0.05) is 13.2 Å². The summed E-state index contributed by atoms with van der Waals surface area (Å²) in [6.07, 6.45) is -1.83. The number of carbonyl (C=O) groups excluding carboxylic acids is 1. The van der Waals surface area contributed by atoms with Crippen molar-refractivity contribution in [3.8, 4) is 0 Å². The number of hydrogen-bond donors (Lipinski definition) is 2. The molecule has 22 heavy (non-hydrogen) atoms. The van der Waals surface area contributed by atoms with Gasteiger partial charge in [0.25, 0.3) is 0 Å². The van der Waals surface area contributed by atoms with Gasteiger partial charge in [-0.15, -0.1) is 0 Å². The van der Waals surface area contributed by atoms with Crippen molar-refractivity contribution in [3.05, 3.63) is 0 Å². The molecule has 0 saturated carbocycles. The van der Waals surface area contributed by atoms with Crippen molar-refractivity contribution in [1.82, 2.24) is 0 Å². The summed E-state index contributed by atoms with van der Waals surface area (Å²) in [5.41, 5.74) is 0. The molecule has 0 fully saturated rings. The predicted octanol–water partition coefficient (Wildman–Crippen LogP) is 2.05. The molecule has 0 aliphatic carbocycles. The number of unbranched alkanes of at least 4 members (excludes halogenated alkanes) is 1. The lowest BCUT2D eigenvalue weighted by Gasteiger charge is -2.14. The van der Waals surface area contributed by atoms with Crippen molar-refractivity contribution in [2.75, 3.05) is 26.4 Å². The molecule has 0 aromatic heterocycles. The van der Waals surface area contributed by atoms with Gasteiger partial charge in [-0.05, 0) is 39.0 Å². The molecule has 0 amide bonds. The predicted molar refractivity (Wildman–Crippen MR) is 73.2 cm³/mol. The van der Waals surface area contributed by atoms with Gasteiger partial charge in [0.05, 0.1) is 18.6 Å². The standard InChI is InChI=1S/C14H25F3O5/c1-11(13(20)22-10-14(15,16)17)9-21-8-4-6-12(19)5-2-3-7-18/h11-12,18-19H,2-10H2,1H3. The average molecular weight is 330 g/mol. The van der Waals surface area contributed by atoms with E-state index < -0.39 is 30.8 Å². The van der Waals surface area contributed by atoms with Gasteiger partial charge in [-0.25, -0.2) is 0 Å². The van der Waals surface area contributed by atoms with Gasteiger partial charge in [-0.1, -0.05) is 0 Å². The van der Waals surface area contributed by atoms with Gasteiger partial charge >= 0.3 is 12.1 Å². The average Bonchev–Trinajstić information content (AvgIpc) is 2.43. The Hall–Kier alpha value is -0.860. The van der Waals surface area contributed by atoms with Gasteiger partial charge in [-0.3, -0.25) is 4.79 Å². The van der Waals surface area contributed by atoms with Crippen LogP contribution in [0, 0.1) is 5.92 Å². The maximum atomic E-state index is 11.9. The first-order valence-electron chi connectivity index (χ1n) is 7.36. The van der Waals surface area contributed by atoms with E-state index in [0.29, 0.717) is 32.3 Å². The first-order chi connectivity index (χ1) is 10.3. The number of rotatable bonds is 12. The molecule has 0 aromatic carbocycles. The molecule has 0 heterocycles. The van der Waals surface area contributed by atoms with Gasteiger partial charge in [-0.2, -0.15) is 13.2 Å². The highest BCUT2D eigenvalue weighted by Crippen LogP contribution is 2.15. The van der Waals surface area contributed by atoms with E-state index in [9.17, 15) is 23.1 Å². The summed E-state index contributed by atoms with van der Waals surface area (Å²) in [5, 5.41) is 18.2. The quantitative estimate of drug-likeness (QED) is 0.423. The Kier molecular flexibility index (Phi) is 11.2. The number of aliphatic hydroxyl groups excluding tert-OH is 2. The topological polar surface area (TPSA) is 76.0 Å². The monoisotopic (exact) mass is 330 g/mol. The zero-order valence-electron chi connectivity index (χ0n) is 12.8. The fraction of sp³-hybridized carbons (Fsp3) is 0.929. The van der Waals surface area contributed by atoms with Crippen molar-refractivity contribution in [3.63, 3.8) is 0 Å². The molecule has 8 heteroatoms. The number of esters is 1. The third-order valence-electron chi connectivity index (χ3n) is 2.92. The Morgan fingerprint density at radius 3 is 2.41 bits per heavy atom. The third kappa shape index (κ3) is 12.8. The minimum Gasteiger partial charge on any atom is -0.456 e. The van der Waals surface area contributed by atoms with E-state index in [4.69, 9.17) is 9.84 Å². The summed E-state index contributed by atoms with van der Waals surface area (Å²) >= 11 is 0. The number of alkyl halides is 3. The zero-order chi connectivity index (χ0) is 17.0. The van der Waals surface area contributed by atoms with Crippen molar-refractivity contribution < 1.29 is 37.7 Å². The van der Waals surface area contributed by atoms with Gasteiger partial charge in [0.1, 0.15) is 0 Å². The summed E-state index contributed by atoms with van der Waals surface area (Å²) < 4.78 is 44.9. The van der Waals surface area contributed by atoms with E-state index in [1.165, 1.54) is 6.92 Å². The zero-order valence-corrected chi connectivity index (χ0v) is 12.8. The molecular formula is C14H25F3O5. The molecular weight excluding hydrogens is 305 g/mol. The van der Waals surface area contributed by atoms with Crippen LogP contribution in [-0.4, -0.2) is 54.9 Å². The van der Waals surface area contributed by atoms with Gasteiger partial charge < -0.3 is 19.7 Å². The van der Waals surface area contributed by atoms with E-state index in [2.05, 4.69) is 4.74 Å². The molecule has 2 unspecified atom stereocenters. The molecule has 0 aliphatic heterocycles. The van der Waals surface area contributed by atoms with Crippen molar-refractivity contribution >= 4 is 5.97 Å². The SMILES string of the molecule is CC(COCCCC(O)CCCCO)C(=O)OCC(F)(F)F. The van der Waals surface area contributed by atoms with E-state index in [1.54, 1.807) is 0 Å². The van der Waals surface area contributed by atoms with Crippen molar-refractivity contribution in [1.29, 1.82) is 0 Å². The van der Waals surface area contributed by atoms with E-state index in [-0.39, 0.29) is 13.2 Å². The van der Waals surface area contributed by atoms with Crippen LogP contribution in [-0.2, 0) is 14.3 Å². The molecule has 2 N–H and O–H groups in total. The lowest BCUT2D eigenvalue weighted by Crippen LogP contribution is -2.26. The second-order valence-corrected chi connectivity index (χ2v) is 5.21. The van der Waals surface area contributed by atoms with Crippen LogP contribution in [0.5, 0.6) is 0 Å². The van der Waals surface area contributed by atoms with Crippen LogP contribution in [0.1, 0.15) is 39.0 Å². The molecule has 5 nitrogen and oxygen atoms in total. The second-order valence-electron chi connectivity index (χ2n) is 5.21. The van der Waals surface area contributed by atoms with Gasteiger partial charge in [0.2, 0.25) is 0 Å². The fourth-order valence-corrected chi connectivity index (χ4v) is 1.68. The highest BCUT2D eigenvalue weighted by atomic mass is 19.4. The minimum atomic E-state index is -4.53. The van der Waals surface area contributed by atoms with E-state index in [0.717, 1.165) is 6.42 Å². The highest BCUT2D eigenvalue weighted by Gasteiger charge is 2.30. The Labute approximate surface area is 128 Å². The van der Waals surface area contributed by atoms with E-state index in [1.807, 2.05) is 0 Å². The summed E-state index contributed by atoms with van der Waals surface area (Å²) in [6.45, 7) is 0.252. The molecule has 0 radical (unpaired) electrons. The Bertz CT molecular complexity index is 297. The number of halogens is 3. The first-order valence-corrected chi connectivity index (χ1v) is 7.36. The molecule has 0 saturated heterocycles. The molecule has 132 valence electrons. The minimum absolute atomic E-state index is 0.0166. The Morgan fingerprint density at radius 1 is 1.18 bits per heavy atom. The smallest absolute Gasteiger partial charge is 0.422 e. The van der Waals surface area contributed by atoms with Crippen LogP contribution in [0.4, 0.5) is 13.2 Å². The molecule has 0 aromatic rings. The summed E-state index contributed by atoms with van der Waals surface area (Å²) in [5.74, 6) is -1.71. The van der Waals surface area contributed by atoms with Crippen LogP contribution in [0.3, 0.4) is 0 Å². The van der Waals surface area contributed by atoms with Crippen LogP contribution >= 0.6 is 0 Å². The number of aliphatic hydroxyl groups is 2. The maximum Gasteiger partial charge on any atom is 0.422 e. The van der Waals surface area contributed by atoms with Crippen LogP contribution in [0.15, 0.2) is 0 Å². The van der Waals surface area contributed by atoms with Crippen molar-refractivity contribution in [2.45, 2.75) is 51.3 Å². The summed E-state index contributed by atoms with van der Waals surface area (Å²) in [7, 11) is 0.